The predicted octanol–water partition coefficient (Wildman–Crippen LogP) is 2.43. The highest BCUT2D eigenvalue weighted by atomic mass is 19.4. The molecule has 1 amide bonds. The number of hydrogen-bond acceptors (Lipinski definition) is 8. The number of rotatable bonds is 4. The average molecular weight is 422 g/mol. The van der Waals surface area contributed by atoms with Gasteiger partial charge in [-0.05, 0) is 26.7 Å². The minimum absolute atomic E-state index is 0.0641. The predicted molar refractivity (Wildman–Crippen MR) is 104 cm³/mol. The molecule has 3 N–H and O–H groups in total. The van der Waals surface area contributed by atoms with Gasteiger partial charge in [-0.15, -0.1) is 0 Å². The fourth-order valence-corrected chi connectivity index (χ4v) is 3.41. The lowest BCUT2D eigenvalue weighted by Crippen LogP contribution is -2.46. The number of anilines is 4. The first kappa shape index (κ1) is 20.1. The number of amides is 1. The molecule has 0 unspecified atom stereocenters. The lowest BCUT2D eigenvalue weighted by Gasteiger charge is -2.37. The Kier molecular flexibility index (Phi) is 4.86. The van der Waals surface area contributed by atoms with Crippen LogP contribution in [0.3, 0.4) is 0 Å². The Morgan fingerprint density at radius 1 is 1.13 bits per heavy atom. The van der Waals surface area contributed by atoms with Gasteiger partial charge in [0.25, 0.3) is 0 Å². The van der Waals surface area contributed by atoms with Gasteiger partial charge in [-0.1, -0.05) is 0 Å². The van der Waals surface area contributed by atoms with Gasteiger partial charge in [0.15, 0.2) is 11.5 Å². The summed E-state index contributed by atoms with van der Waals surface area (Å²) < 4.78 is 37.6. The van der Waals surface area contributed by atoms with E-state index in [9.17, 15) is 18.0 Å². The second kappa shape index (κ2) is 7.26. The molecule has 2 aromatic heterocycles. The van der Waals surface area contributed by atoms with Crippen molar-refractivity contribution < 1.29 is 18.0 Å². The van der Waals surface area contributed by atoms with Gasteiger partial charge in [0.05, 0.1) is 18.1 Å². The first-order valence-corrected chi connectivity index (χ1v) is 9.46. The second-order valence-electron chi connectivity index (χ2n) is 7.55. The summed E-state index contributed by atoms with van der Waals surface area (Å²) in [5, 5.41) is 9.19. The van der Waals surface area contributed by atoms with Crippen molar-refractivity contribution in [3.05, 3.63) is 23.8 Å². The van der Waals surface area contributed by atoms with E-state index in [1.165, 1.54) is 0 Å². The van der Waals surface area contributed by atoms with E-state index in [-0.39, 0.29) is 24.0 Å². The van der Waals surface area contributed by atoms with E-state index >= 15 is 0 Å². The molecule has 0 radical (unpaired) electrons. The smallest absolute Gasteiger partial charge is 0.366 e. The summed E-state index contributed by atoms with van der Waals surface area (Å²) in [6.07, 6.45) is -1.24. The normalized spacial score (nSPS) is 23.3. The van der Waals surface area contributed by atoms with E-state index in [1.54, 1.807) is 6.92 Å². The minimum atomic E-state index is -4.50. The first-order valence-electron chi connectivity index (χ1n) is 9.46. The zero-order valence-corrected chi connectivity index (χ0v) is 16.6. The third-order valence-electron chi connectivity index (χ3n) is 5.38. The average Bonchev–Trinajstić information content (AvgIpc) is 2.65. The molecule has 4 rings (SSSR count). The van der Waals surface area contributed by atoms with Gasteiger partial charge in [-0.2, -0.15) is 18.2 Å². The van der Waals surface area contributed by atoms with Gasteiger partial charge in [-0.25, -0.2) is 15.0 Å². The molecule has 30 heavy (non-hydrogen) atoms. The van der Waals surface area contributed by atoms with E-state index in [1.807, 2.05) is 18.9 Å². The minimum Gasteiger partial charge on any atom is -0.366 e. The number of alkyl halides is 3. The van der Waals surface area contributed by atoms with Gasteiger partial charge >= 0.3 is 6.18 Å². The van der Waals surface area contributed by atoms with Crippen LogP contribution in [0.1, 0.15) is 31.2 Å². The Hall–Kier alpha value is -3.18. The van der Waals surface area contributed by atoms with Crippen molar-refractivity contribution in [1.29, 1.82) is 0 Å². The summed E-state index contributed by atoms with van der Waals surface area (Å²) in [7, 11) is 1.81. The maximum Gasteiger partial charge on any atom is 0.434 e. The van der Waals surface area contributed by atoms with Crippen molar-refractivity contribution >= 4 is 29.2 Å². The summed E-state index contributed by atoms with van der Waals surface area (Å²) in [6, 6.07) is -0.153. The van der Waals surface area contributed by atoms with Crippen molar-refractivity contribution in [2.45, 2.75) is 51.0 Å². The largest absolute Gasteiger partial charge is 0.434 e. The number of nitrogens with one attached hydrogen (secondary N) is 3. The zero-order chi connectivity index (χ0) is 21.6. The van der Waals surface area contributed by atoms with E-state index in [0.717, 1.165) is 25.2 Å². The van der Waals surface area contributed by atoms with Crippen molar-refractivity contribution in [2.24, 2.45) is 0 Å². The summed E-state index contributed by atoms with van der Waals surface area (Å²) in [5.74, 6) is 1.33. The van der Waals surface area contributed by atoms with E-state index in [0.29, 0.717) is 29.0 Å². The van der Waals surface area contributed by atoms with Crippen molar-refractivity contribution in [3.8, 4) is 0 Å². The molecule has 0 saturated heterocycles. The lowest BCUT2D eigenvalue weighted by atomic mass is 9.87. The standard InChI is InChI=1S/C18H21F3N8O/c1-8-14-15(29(3)9(2)16(30)27-14)28-17(24-8)26-11-4-10(5-11)25-13-7-22-12(6-23-13)18(19,20)21/h6-7,9-11H,4-5H2,1-3H3,(H,23,25)(H,27,30)(H,24,26,28)/t9-,10?,11?/m0/s1. The fourth-order valence-electron chi connectivity index (χ4n) is 3.41. The third kappa shape index (κ3) is 3.81. The molecule has 1 fully saturated rings. The summed E-state index contributed by atoms with van der Waals surface area (Å²) in [5.41, 5.74) is 0.264. The maximum absolute atomic E-state index is 12.5. The van der Waals surface area contributed by atoms with Crippen molar-refractivity contribution in [2.75, 3.05) is 27.9 Å². The van der Waals surface area contributed by atoms with Crippen LogP contribution in [0, 0.1) is 6.92 Å². The third-order valence-corrected chi connectivity index (χ3v) is 5.38. The molecule has 9 nitrogen and oxygen atoms in total. The molecular weight excluding hydrogens is 401 g/mol. The van der Waals surface area contributed by atoms with Gasteiger partial charge in [0.1, 0.15) is 17.5 Å². The molecule has 12 heteroatoms. The molecule has 2 aliphatic rings. The number of fused-ring (bicyclic) bond motifs is 1. The number of halogens is 3. The molecule has 160 valence electrons. The molecule has 0 aromatic carbocycles. The highest BCUT2D eigenvalue weighted by Gasteiger charge is 2.34. The SMILES string of the molecule is Cc1nc(NC2CC(Nc3cnc(C(F)(F)F)cn3)C2)nc2c1NC(=O)[C@H](C)N2C. The highest BCUT2D eigenvalue weighted by Crippen LogP contribution is 2.33. The molecule has 2 aromatic rings. The van der Waals surface area contributed by atoms with Crippen LogP contribution in [-0.2, 0) is 11.0 Å². The van der Waals surface area contributed by atoms with Crippen molar-refractivity contribution in [3.63, 3.8) is 0 Å². The monoisotopic (exact) mass is 422 g/mol. The number of aromatic nitrogens is 4. The number of carbonyl (C=O) groups is 1. The Morgan fingerprint density at radius 2 is 1.83 bits per heavy atom. The van der Waals surface area contributed by atoms with Crippen LogP contribution in [0.4, 0.5) is 36.4 Å². The molecule has 1 aliphatic heterocycles. The summed E-state index contributed by atoms with van der Waals surface area (Å²) in [4.78, 5) is 30.0. The Balaban J connectivity index is 1.35. The topological polar surface area (TPSA) is 108 Å². The number of carbonyl (C=O) groups excluding carboxylic acids is 1. The molecule has 0 bridgehead atoms. The van der Waals surface area contributed by atoms with Crippen LogP contribution in [-0.4, -0.2) is 51.0 Å². The van der Waals surface area contributed by atoms with Crippen LogP contribution in [0.25, 0.3) is 0 Å². The van der Waals surface area contributed by atoms with Crippen LogP contribution in [0.15, 0.2) is 12.4 Å². The Morgan fingerprint density at radius 3 is 2.47 bits per heavy atom. The molecule has 1 aliphatic carbocycles. The van der Waals surface area contributed by atoms with E-state index < -0.39 is 11.9 Å². The van der Waals surface area contributed by atoms with Crippen LogP contribution in [0.2, 0.25) is 0 Å². The van der Waals surface area contributed by atoms with E-state index in [2.05, 4.69) is 35.9 Å². The van der Waals surface area contributed by atoms with Crippen LogP contribution < -0.4 is 20.9 Å². The molecule has 0 spiro atoms. The summed E-state index contributed by atoms with van der Waals surface area (Å²) >= 11 is 0. The highest BCUT2D eigenvalue weighted by molar-refractivity contribution is 6.03. The molecule has 1 atom stereocenters. The van der Waals surface area contributed by atoms with Crippen molar-refractivity contribution in [1.82, 2.24) is 19.9 Å². The number of nitrogens with zero attached hydrogens (tertiary/aromatic N) is 5. The fraction of sp³-hybridized carbons (Fsp3) is 0.500. The molecular formula is C18H21F3N8O. The van der Waals surface area contributed by atoms with Gasteiger partial charge in [0, 0.05) is 19.1 Å². The summed E-state index contributed by atoms with van der Waals surface area (Å²) in [6.45, 7) is 3.61. The van der Waals surface area contributed by atoms with E-state index in [4.69, 9.17) is 0 Å². The van der Waals surface area contributed by atoms with Gasteiger partial charge < -0.3 is 20.9 Å². The number of likely N-dealkylation sites (N-methyl/N-ethyl adjacent to an activating group) is 1. The Labute approximate surface area is 170 Å². The number of aryl methyl sites for hydroxylation is 1. The first-order chi connectivity index (χ1) is 14.1. The van der Waals surface area contributed by atoms with Gasteiger partial charge in [0.2, 0.25) is 11.9 Å². The second-order valence-corrected chi connectivity index (χ2v) is 7.55. The zero-order valence-electron chi connectivity index (χ0n) is 16.6. The quantitative estimate of drug-likeness (QED) is 0.690. The van der Waals surface area contributed by atoms with Crippen LogP contribution in [0.5, 0.6) is 0 Å². The van der Waals surface area contributed by atoms with Gasteiger partial charge in [-0.3, -0.25) is 4.79 Å². The maximum atomic E-state index is 12.5. The Bertz CT molecular complexity index is 959. The van der Waals surface area contributed by atoms with Crippen LogP contribution >= 0.6 is 0 Å². The lowest BCUT2D eigenvalue weighted by molar-refractivity contribution is -0.141. The molecule has 1 saturated carbocycles. The number of hydrogen-bond donors (Lipinski definition) is 3. The molecule has 3 heterocycles.